The molecule has 0 unspecified atom stereocenters. The molecule has 0 saturated carbocycles. The molecule has 0 aliphatic rings. The molecule has 1 heterocycles. The van der Waals surface area contributed by atoms with Gasteiger partial charge in [-0.25, -0.2) is 14.2 Å². The number of hydrogen-bond acceptors (Lipinski definition) is 2. The van der Waals surface area contributed by atoms with Crippen LogP contribution >= 0.6 is 0 Å². The Balaban J connectivity index is 2.60. The van der Waals surface area contributed by atoms with Crippen LogP contribution in [0.25, 0.3) is 11.3 Å². The number of aromatic nitrogens is 1. The number of nitrogens with zero attached hydrogens (tertiary/aromatic N) is 1. The number of hydrogen-bond donors (Lipinski definition) is 1. The van der Waals surface area contributed by atoms with Crippen LogP contribution in [0.2, 0.25) is 0 Å². The van der Waals surface area contributed by atoms with Crippen LogP contribution in [0.3, 0.4) is 0 Å². The molecule has 0 bridgehead atoms. The van der Waals surface area contributed by atoms with Crippen molar-refractivity contribution in [1.82, 2.24) is 4.98 Å². The lowest BCUT2D eigenvalue weighted by Crippen LogP contribution is -2.00. The van der Waals surface area contributed by atoms with E-state index in [1.807, 2.05) is 0 Å². The summed E-state index contributed by atoms with van der Waals surface area (Å²) in [5, 5.41) is 8.76. The zero-order valence-corrected chi connectivity index (χ0v) is 8.52. The molecule has 0 aliphatic heterocycles. The third kappa shape index (κ3) is 2.28. The molecular formula is C12H7F2NO2. The molecule has 17 heavy (non-hydrogen) atoms. The van der Waals surface area contributed by atoms with Gasteiger partial charge in [0.2, 0.25) is 5.95 Å². The van der Waals surface area contributed by atoms with Gasteiger partial charge in [-0.3, -0.25) is 0 Å². The van der Waals surface area contributed by atoms with E-state index in [0.717, 1.165) is 12.1 Å². The molecule has 0 radical (unpaired) electrons. The minimum atomic E-state index is -1.29. The molecule has 0 saturated heterocycles. The second-order valence-electron chi connectivity index (χ2n) is 3.35. The Hall–Kier alpha value is -2.30. The maximum Gasteiger partial charge on any atom is 0.335 e. The molecule has 2 rings (SSSR count). The Kier molecular flexibility index (Phi) is 2.82. The number of carbonyl (C=O) groups is 1. The van der Waals surface area contributed by atoms with Crippen LogP contribution < -0.4 is 0 Å². The molecule has 0 aliphatic carbocycles. The number of carboxylic acids is 1. The van der Waals surface area contributed by atoms with Gasteiger partial charge in [0, 0.05) is 11.6 Å². The number of pyridine rings is 1. The molecule has 86 valence electrons. The highest BCUT2D eigenvalue weighted by atomic mass is 19.1. The van der Waals surface area contributed by atoms with Gasteiger partial charge in [-0.15, -0.1) is 0 Å². The molecule has 1 N–H and O–H groups in total. The smallest absolute Gasteiger partial charge is 0.335 e. The number of benzene rings is 1. The second-order valence-corrected chi connectivity index (χ2v) is 3.35. The van der Waals surface area contributed by atoms with Crippen LogP contribution in [0.15, 0.2) is 36.4 Å². The Morgan fingerprint density at radius 3 is 2.53 bits per heavy atom. The van der Waals surface area contributed by atoms with Crippen molar-refractivity contribution in [2.75, 3.05) is 0 Å². The van der Waals surface area contributed by atoms with E-state index in [9.17, 15) is 13.6 Å². The summed E-state index contributed by atoms with van der Waals surface area (Å²) in [7, 11) is 0. The normalized spacial score (nSPS) is 10.2. The lowest BCUT2D eigenvalue weighted by atomic mass is 10.1. The predicted octanol–water partition coefficient (Wildman–Crippen LogP) is 2.73. The average Bonchev–Trinajstić information content (AvgIpc) is 2.28. The lowest BCUT2D eigenvalue weighted by Gasteiger charge is -2.03. The minimum Gasteiger partial charge on any atom is -0.478 e. The first kappa shape index (κ1) is 11.2. The third-order valence-electron chi connectivity index (χ3n) is 2.19. The summed E-state index contributed by atoms with van der Waals surface area (Å²) in [5.41, 5.74) is -0.245. The van der Waals surface area contributed by atoms with Crippen molar-refractivity contribution in [3.63, 3.8) is 0 Å². The molecule has 2 aromatic rings. The molecule has 0 fully saturated rings. The van der Waals surface area contributed by atoms with Crippen LogP contribution in [0.4, 0.5) is 8.78 Å². The number of rotatable bonds is 2. The largest absolute Gasteiger partial charge is 0.478 e. The molecule has 1 aromatic carbocycles. The number of carboxylic acid groups (broad SMARTS) is 1. The minimum absolute atomic E-state index is 0.0412. The monoisotopic (exact) mass is 235 g/mol. The Bertz CT molecular complexity index is 584. The van der Waals surface area contributed by atoms with Gasteiger partial charge in [-0.05, 0) is 18.2 Å². The van der Waals surface area contributed by atoms with Crippen LogP contribution in [0.1, 0.15) is 10.4 Å². The van der Waals surface area contributed by atoms with Crippen molar-refractivity contribution >= 4 is 5.97 Å². The summed E-state index contributed by atoms with van der Waals surface area (Å²) < 4.78 is 26.5. The quantitative estimate of drug-likeness (QED) is 0.814. The van der Waals surface area contributed by atoms with Gasteiger partial charge < -0.3 is 5.11 Å². The first-order chi connectivity index (χ1) is 8.08. The van der Waals surface area contributed by atoms with E-state index in [1.54, 1.807) is 6.07 Å². The average molecular weight is 235 g/mol. The van der Waals surface area contributed by atoms with E-state index in [-0.39, 0.29) is 16.8 Å². The highest BCUT2D eigenvalue weighted by Crippen LogP contribution is 2.21. The van der Waals surface area contributed by atoms with Gasteiger partial charge in [0.15, 0.2) is 0 Å². The van der Waals surface area contributed by atoms with E-state index in [1.165, 1.54) is 18.2 Å². The lowest BCUT2D eigenvalue weighted by molar-refractivity contribution is 0.0696. The van der Waals surface area contributed by atoms with Crippen LogP contribution in [0, 0.1) is 11.8 Å². The van der Waals surface area contributed by atoms with Crippen molar-refractivity contribution in [2.24, 2.45) is 0 Å². The summed E-state index contributed by atoms with van der Waals surface area (Å²) in [5.74, 6) is -2.83. The molecule has 1 aromatic heterocycles. The summed E-state index contributed by atoms with van der Waals surface area (Å²) in [6, 6.07) is 7.56. The van der Waals surface area contributed by atoms with Gasteiger partial charge in [-0.1, -0.05) is 12.1 Å². The molecule has 5 heteroatoms. The van der Waals surface area contributed by atoms with Crippen molar-refractivity contribution in [3.05, 3.63) is 53.7 Å². The second kappa shape index (κ2) is 4.29. The highest BCUT2D eigenvalue weighted by Gasteiger charge is 2.12. The molecule has 3 nitrogen and oxygen atoms in total. The van der Waals surface area contributed by atoms with Crippen molar-refractivity contribution in [3.8, 4) is 11.3 Å². The van der Waals surface area contributed by atoms with Crippen LogP contribution in [-0.4, -0.2) is 16.1 Å². The maximum absolute atomic E-state index is 13.4. The highest BCUT2D eigenvalue weighted by molar-refractivity contribution is 5.88. The van der Waals surface area contributed by atoms with Crippen LogP contribution in [0.5, 0.6) is 0 Å². The Labute approximate surface area is 95.4 Å². The van der Waals surface area contributed by atoms with Crippen molar-refractivity contribution in [1.29, 1.82) is 0 Å². The molecule has 0 spiro atoms. The van der Waals surface area contributed by atoms with E-state index in [4.69, 9.17) is 5.11 Å². The first-order valence-corrected chi connectivity index (χ1v) is 4.73. The van der Waals surface area contributed by atoms with Gasteiger partial charge in [0.25, 0.3) is 0 Å². The van der Waals surface area contributed by atoms with E-state index in [0.29, 0.717) is 0 Å². The fourth-order valence-corrected chi connectivity index (χ4v) is 1.43. The van der Waals surface area contributed by atoms with E-state index >= 15 is 0 Å². The number of aromatic carboxylic acids is 1. The van der Waals surface area contributed by atoms with E-state index in [2.05, 4.69) is 4.98 Å². The maximum atomic E-state index is 13.4. The van der Waals surface area contributed by atoms with Crippen molar-refractivity contribution in [2.45, 2.75) is 0 Å². The zero-order chi connectivity index (χ0) is 12.4. The summed E-state index contributed by atoms with van der Waals surface area (Å²) in [6.07, 6.45) is 0. The topological polar surface area (TPSA) is 50.2 Å². The first-order valence-electron chi connectivity index (χ1n) is 4.73. The standard InChI is InChI=1S/C12H7F2NO2/c13-9-4-2-1-3-8(9)10-5-7(12(16)17)6-11(14)15-10/h1-6H,(H,16,17). The van der Waals surface area contributed by atoms with Crippen LogP contribution in [-0.2, 0) is 0 Å². The van der Waals surface area contributed by atoms with Crippen molar-refractivity contribution < 1.29 is 18.7 Å². The Morgan fingerprint density at radius 1 is 1.18 bits per heavy atom. The number of halogens is 2. The SMILES string of the molecule is O=C(O)c1cc(F)nc(-c2ccccc2F)c1. The van der Waals surface area contributed by atoms with Gasteiger partial charge >= 0.3 is 5.97 Å². The van der Waals surface area contributed by atoms with Gasteiger partial charge in [0.05, 0.1) is 11.3 Å². The predicted molar refractivity (Wildman–Crippen MR) is 56.5 cm³/mol. The summed E-state index contributed by atoms with van der Waals surface area (Å²) in [6.45, 7) is 0. The fourth-order valence-electron chi connectivity index (χ4n) is 1.43. The molecule has 0 atom stereocenters. The van der Waals surface area contributed by atoms with Gasteiger partial charge in [0.1, 0.15) is 5.82 Å². The van der Waals surface area contributed by atoms with E-state index < -0.39 is 17.7 Å². The third-order valence-corrected chi connectivity index (χ3v) is 2.19. The molecular weight excluding hydrogens is 228 g/mol. The fraction of sp³-hybridized carbons (Fsp3) is 0. The van der Waals surface area contributed by atoms with Gasteiger partial charge in [-0.2, -0.15) is 4.39 Å². The summed E-state index contributed by atoms with van der Waals surface area (Å²) >= 11 is 0. The zero-order valence-electron chi connectivity index (χ0n) is 8.52. The Morgan fingerprint density at radius 2 is 1.88 bits per heavy atom. The summed E-state index contributed by atoms with van der Waals surface area (Å²) in [4.78, 5) is 14.2. The molecule has 0 amide bonds.